The lowest BCUT2D eigenvalue weighted by atomic mass is 10.3. The molecule has 1 N–H and O–H groups in total. The van der Waals surface area contributed by atoms with Crippen LogP contribution in [0, 0.1) is 0 Å². The lowest BCUT2D eigenvalue weighted by molar-refractivity contribution is 0.0378. The summed E-state index contributed by atoms with van der Waals surface area (Å²) in [4.78, 5) is 6.74. The van der Waals surface area contributed by atoms with E-state index in [0.29, 0.717) is 0 Å². The van der Waals surface area contributed by atoms with Gasteiger partial charge in [0, 0.05) is 38.6 Å². The monoisotopic (exact) mass is 250 g/mol. The molecule has 0 aromatic carbocycles. The smallest absolute Gasteiger partial charge is 0.203 e. The van der Waals surface area contributed by atoms with E-state index in [2.05, 4.69) is 26.3 Å². The fraction of sp³-hybridized carbons (Fsp3) is 0.615. The summed E-state index contributed by atoms with van der Waals surface area (Å²) >= 11 is 0. The van der Waals surface area contributed by atoms with Gasteiger partial charge in [-0.15, -0.1) is 6.58 Å². The molecule has 1 saturated heterocycles. The van der Waals surface area contributed by atoms with Crippen LogP contribution in [0.5, 0.6) is 0 Å². The summed E-state index contributed by atoms with van der Waals surface area (Å²) in [5.41, 5.74) is 0. The highest BCUT2D eigenvalue weighted by molar-refractivity contribution is 5.25. The Morgan fingerprint density at radius 2 is 2.28 bits per heavy atom. The van der Waals surface area contributed by atoms with Crippen LogP contribution in [0.4, 0.5) is 5.95 Å². The number of nitrogens with zero attached hydrogens (tertiary/aromatic N) is 3. The van der Waals surface area contributed by atoms with Gasteiger partial charge in [-0.25, -0.2) is 4.98 Å². The topological polar surface area (TPSA) is 42.3 Å². The predicted molar refractivity (Wildman–Crippen MR) is 72.8 cm³/mol. The molecule has 0 unspecified atom stereocenters. The van der Waals surface area contributed by atoms with Crippen molar-refractivity contribution in [3.8, 4) is 0 Å². The van der Waals surface area contributed by atoms with Gasteiger partial charge in [0.15, 0.2) is 0 Å². The maximum Gasteiger partial charge on any atom is 0.203 e. The van der Waals surface area contributed by atoms with Crippen molar-refractivity contribution < 1.29 is 4.74 Å². The van der Waals surface area contributed by atoms with Gasteiger partial charge in [-0.2, -0.15) is 0 Å². The molecule has 0 aliphatic carbocycles. The molecule has 0 bridgehead atoms. The summed E-state index contributed by atoms with van der Waals surface area (Å²) in [5.74, 6) is 0.928. The third kappa shape index (κ3) is 3.85. The van der Waals surface area contributed by atoms with E-state index in [4.69, 9.17) is 4.74 Å². The zero-order valence-electron chi connectivity index (χ0n) is 10.8. The van der Waals surface area contributed by atoms with Crippen LogP contribution in [0.25, 0.3) is 0 Å². The van der Waals surface area contributed by atoms with E-state index in [1.165, 1.54) is 0 Å². The Hall–Kier alpha value is -1.33. The number of rotatable bonds is 7. The molecule has 5 heteroatoms. The molecule has 5 nitrogen and oxygen atoms in total. The van der Waals surface area contributed by atoms with Crippen LogP contribution >= 0.6 is 0 Å². The number of aromatic nitrogens is 2. The van der Waals surface area contributed by atoms with Gasteiger partial charge in [-0.1, -0.05) is 6.08 Å². The quantitative estimate of drug-likeness (QED) is 0.583. The minimum absolute atomic E-state index is 0.797. The molecule has 1 aromatic rings. The normalized spacial score (nSPS) is 16.7. The van der Waals surface area contributed by atoms with Crippen molar-refractivity contribution in [1.29, 1.82) is 0 Å². The predicted octanol–water partition coefficient (Wildman–Crippen LogP) is 1.20. The minimum atomic E-state index is 0.797. The molecule has 1 aromatic heterocycles. The molecule has 0 spiro atoms. The van der Waals surface area contributed by atoms with Gasteiger partial charge >= 0.3 is 0 Å². The molecule has 1 aliphatic heterocycles. The van der Waals surface area contributed by atoms with Crippen molar-refractivity contribution in [2.75, 3.05) is 44.7 Å². The van der Waals surface area contributed by atoms with Gasteiger partial charge < -0.3 is 14.6 Å². The van der Waals surface area contributed by atoms with Crippen LogP contribution < -0.4 is 5.32 Å². The van der Waals surface area contributed by atoms with E-state index >= 15 is 0 Å². The van der Waals surface area contributed by atoms with Crippen molar-refractivity contribution >= 4 is 5.95 Å². The Balaban J connectivity index is 1.65. The zero-order chi connectivity index (χ0) is 12.6. The summed E-state index contributed by atoms with van der Waals surface area (Å²) < 4.78 is 7.38. The first-order valence-electron chi connectivity index (χ1n) is 6.56. The lowest BCUT2D eigenvalue weighted by Crippen LogP contribution is -2.37. The van der Waals surface area contributed by atoms with Crippen LogP contribution in [-0.2, 0) is 11.3 Å². The van der Waals surface area contributed by atoms with Gasteiger partial charge in [0.25, 0.3) is 0 Å². The lowest BCUT2D eigenvalue weighted by Gasteiger charge is -2.26. The average Bonchev–Trinajstić information content (AvgIpc) is 2.84. The van der Waals surface area contributed by atoms with Gasteiger partial charge in [-0.05, 0) is 13.0 Å². The van der Waals surface area contributed by atoms with E-state index in [1.807, 2.05) is 18.5 Å². The molecule has 0 radical (unpaired) electrons. The molecule has 1 aliphatic rings. The van der Waals surface area contributed by atoms with Gasteiger partial charge in [0.05, 0.1) is 13.2 Å². The first-order chi connectivity index (χ1) is 8.90. The molecule has 0 saturated carbocycles. The number of ether oxygens (including phenoxy) is 1. The maximum atomic E-state index is 5.33. The van der Waals surface area contributed by atoms with Gasteiger partial charge in [0.2, 0.25) is 5.95 Å². The Morgan fingerprint density at radius 1 is 1.44 bits per heavy atom. The fourth-order valence-electron chi connectivity index (χ4n) is 2.09. The standard InChI is InChI=1S/C13H22N4O/c1-2-6-17-8-5-15-13(17)14-4-3-7-16-9-11-18-12-10-16/h2,5,8H,1,3-4,6-7,9-12H2,(H,14,15). The number of allylic oxidation sites excluding steroid dienone is 1. The third-order valence-corrected chi connectivity index (χ3v) is 3.08. The van der Waals surface area contributed by atoms with E-state index < -0.39 is 0 Å². The second kappa shape index (κ2) is 7.18. The van der Waals surface area contributed by atoms with Crippen LogP contribution in [0.15, 0.2) is 25.0 Å². The van der Waals surface area contributed by atoms with E-state index in [0.717, 1.165) is 58.3 Å². The molecular weight excluding hydrogens is 228 g/mol. The molecule has 0 atom stereocenters. The largest absolute Gasteiger partial charge is 0.379 e. The number of anilines is 1. The minimum Gasteiger partial charge on any atom is -0.379 e. The Bertz CT molecular complexity index is 358. The van der Waals surface area contributed by atoms with Crippen molar-refractivity contribution in [1.82, 2.24) is 14.5 Å². The van der Waals surface area contributed by atoms with Crippen LogP contribution in [0.3, 0.4) is 0 Å². The van der Waals surface area contributed by atoms with Crippen molar-refractivity contribution in [2.24, 2.45) is 0 Å². The molecule has 0 amide bonds. The molecule has 18 heavy (non-hydrogen) atoms. The summed E-state index contributed by atoms with van der Waals surface area (Å²) in [5, 5.41) is 3.36. The zero-order valence-corrected chi connectivity index (χ0v) is 10.8. The fourth-order valence-corrected chi connectivity index (χ4v) is 2.09. The van der Waals surface area contributed by atoms with E-state index in [9.17, 15) is 0 Å². The Kier molecular flexibility index (Phi) is 5.23. The van der Waals surface area contributed by atoms with Crippen LogP contribution in [0.1, 0.15) is 6.42 Å². The van der Waals surface area contributed by atoms with E-state index in [1.54, 1.807) is 0 Å². The average molecular weight is 250 g/mol. The highest BCUT2D eigenvalue weighted by Gasteiger charge is 2.09. The first-order valence-corrected chi connectivity index (χ1v) is 6.56. The molecule has 1 fully saturated rings. The number of hydrogen-bond donors (Lipinski definition) is 1. The number of morpholine rings is 1. The molecule has 2 rings (SSSR count). The van der Waals surface area contributed by atoms with Crippen LogP contribution in [-0.4, -0.2) is 53.8 Å². The molecular formula is C13H22N4O. The summed E-state index contributed by atoms with van der Waals surface area (Å²) in [6, 6.07) is 0. The van der Waals surface area contributed by atoms with Gasteiger partial charge in [0.1, 0.15) is 0 Å². The molecule has 2 heterocycles. The van der Waals surface area contributed by atoms with Crippen molar-refractivity contribution in [3.05, 3.63) is 25.0 Å². The van der Waals surface area contributed by atoms with Crippen LogP contribution in [0.2, 0.25) is 0 Å². The first kappa shape index (κ1) is 13.1. The molecule has 100 valence electrons. The summed E-state index contributed by atoms with van der Waals surface area (Å²) in [7, 11) is 0. The number of imidazole rings is 1. The van der Waals surface area contributed by atoms with E-state index in [-0.39, 0.29) is 0 Å². The maximum absolute atomic E-state index is 5.33. The summed E-state index contributed by atoms with van der Waals surface area (Å²) in [6.45, 7) is 10.5. The van der Waals surface area contributed by atoms with Crippen molar-refractivity contribution in [2.45, 2.75) is 13.0 Å². The van der Waals surface area contributed by atoms with Crippen molar-refractivity contribution in [3.63, 3.8) is 0 Å². The SMILES string of the molecule is C=CCn1ccnc1NCCCN1CCOCC1. The second-order valence-electron chi connectivity index (χ2n) is 4.43. The number of nitrogens with one attached hydrogen (secondary N) is 1. The highest BCUT2D eigenvalue weighted by Crippen LogP contribution is 2.04. The third-order valence-electron chi connectivity index (χ3n) is 3.08. The Labute approximate surface area is 108 Å². The Morgan fingerprint density at radius 3 is 3.06 bits per heavy atom. The van der Waals surface area contributed by atoms with Gasteiger partial charge in [-0.3, -0.25) is 4.90 Å². The highest BCUT2D eigenvalue weighted by atomic mass is 16.5. The summed E-state index contributed by atoms with van der Waals surface area (Å²) in [6.07, 6.45) is 6.78. The number of hydrogen-bond acceptors (Lipinski definition) is 4. The second-order valence-corrected chi connectivity index (χ2v) is 4.43.